The van der Waals surface area contributed by atoms with Gasteiger partial charge >= 0.3 is 0 Å². The second-order valence-electron chi connectivity index (χ2n) is 3.16. The van der Waals surface area contributed by atoms with Crippen molar-refractivity contribution in [1.29, 1.82) is 0 Å². The molecule has 0 spiro atoms. The maximum atomic E-state index is 5.92. The predicted octanol–water partition coefficient (Wildman–Crippen LogP) is 3.69. The Bertz CT molecular complexity index is 374. The van der Waals surface area contributed by atoms with Crippen LogP contribution in [0.5, 0.6) is 5.75 Å². The zero-order valence-corrected chi connectivity index (χ0v) is 9.90. The molecular formula is C13H15ClO. The van der Waals surface area contributed by atoms with Crippen LogP contribution in [0.1, 0.15) is 25.3 Å². The van der Waals surface area contributed by atoms with E-state index in [1.54, 1.807) is 7.11 Å². The molecule has 1 nitrogen and oxygen atoms in total. The molecule has 15 heavy (non-hydrogen) atoms. The Hall–Kier alpha value is -1.13. The summed E-state index contributed by atoms with van der Waals surface area (Å²) in [5.74, 6) is 7.04. The van der Waals surface area contributed by atoms with Crippen LogP contribution in [0.3, 0.4) is 0 Å². The molecule has 1 rings (SSSR count). The van der Waals surface area contributed by atoms with E-state index in [4.69, 9.17) is 16.3 Å². The first-order chi connectivity index (χ1) is 7.27. The lowest BCUT2D eigenvalue weighted by atomic mass is 10.1. The second kappa shape index (κ2) is 6.37. The minimum Gasteiger partial charge on any atom is -0.496 e. The molecule has 1 aromatic rings. The van der Waals surface area contributed by atoms with Crippen molar-refractivity contribution in [3.8, 4) is 17.6 Å². The predicted molar refractivity (Wildman–Crippen MR) is 64.4 cm³/mol. The summed E-state index contributed by atoms with van der Waals surface area (Å²) in [6, 6.07) is 5.67. The van der Waals surface area contributed by atoms with E-state index in [-0.39, 0.29) is 0 Å². The van der Waals surface area contributed by atoms with Gasteiger partial charge in [-0.2, -0.15) is 0 Å². The van der Waals surface area contributed by atoms with E-state index in [0.717, 1.165) is 35.6 Å². The van der Waals surface area contributed by atoms with Crippen molar-refractivity contribution in [2.75, 3.05) is 7.11 Å². The van der Waals surface area contributed by atoms with Crippen LogP contribution in [0.4, 0.5) is 0 Å². The number of aryl methyl sites for hydroxylation is 1. The average molecular weight is 223 g/mol. The van der Waals surface area contributed by atoms with Crippen LogP contribution in [0.15, 0.2) is 18.2 Å². The summed E-state index contributed by atoms with van der Waals surface area (Å²) in [5.41, 5.74) is 1.12. The third kappa shape index (κ3) is 3.85. The first kappa shape index (κ1) is 11.9. The van der Waals surface area contributed by atoms with Gasteiger partial charge in [0.1, 0.15) is 5.75 Å². The van der Waals surface area contributed by atoms with E-state index in [9.17, 15) is 0 Å². The van der Waals surface area contributed by atoms with E-state index < -0.39 is 0 Å². The van der Waals surface area contributed by atoms with Gasteiger partial charge in [0.15, 0.2) is 0 Å². The molecule has 0 aliphatic rings. The van der Waals surface area contributed by atoms with Gasteiger partial charge in [0.05, 0.1) is 7.11 Å². The summed E-state index contributed by atoms with van der Waals surface area (Å²) in [6.07, 6.45) is 2.65. The summed E-state index contributed by atoms with van der Waals surface area (Å²) in [6.45, 7) is 2.05. The van der Waals surface area contributed by atoms with E-state index in [2.05, 4.69) is 11.8 Å². The van der Waals surface area contributed by atoms with Crippen LogP contribution in [0.2, 0.25) is 5.02 Å². The Labute approximate surface area is 96.4 Å². The number of rotatable bonds is 3. The van der Waals surface area contributed by atoms with Crippen LogP contribution >= 0.6 is 11.6 Å². The molecule has 0 aromatic heterocycles. The number of methoxy groups -OCH3 is 1. The van der Waals surface area contributed by atoms with Gasteiger partial charge in [0.2, 0.25) is 0 Å². The average Bonchev–Trinajstić information content (AvgIpc) is 2.25. The lowest BCUT2D eigenvalue weighted by Gasteiger charge is -2.06. The molecule has 0 saturated heterocycles. The van der Waals surface area contributed by atoms with Crippen LogP contribution in [-0.2, 0) is 6.42 Å². The fourth-order valence-electron chi connectivity index (χ4n) is 1.35. The van der Waals surface area contributed by atoms with E-state index in [0.29, 0.717) is 0 Å². The van der Waals surface area contributed by atoms with Crippen molar-refractivity contribution in [2.45, 2.75) is 26.2 Å². The van der Waals surface area contributed by atoms with Gasteiger partial charge in [-0.05, 0) is 30.2 Å². The summed E-state index contributed by atoms with van der Waals surface area (Å²) in [5, 5.41) is 0.745. The molecule has 0 amide bonds. The van der Waals surface area contributed by atoms with Crippen molar-refractivity contribution in [3.63, 3.8) is 0 Å². The van der Waals surface area contributed by atoms with Crippen molar-refractivity contribution in [2.24, 2.45) is 0 Å². The lowest BCUT2D eigenvalue weighted by Crippen LogP contribution is -1.91. The molecule has 1 aromatic carbocycles. The number of hydrogen-bond donors (Lipinski definition) is 0. The highest BCUT2D eigenvalue weighted by Crippen LogP contribution is 2.23. The minimum atomic E-state index is 0.745. The molecule has 0 saturated carbocycles. The highest BCUT2D eigenvalue weighted by Gasteiger charge is 2.02. The fraction of sp³-hybridized carbons (Fsp3) is 0.385. The Balaban J connectivity index is 2.69. The zero-order valence-electron chi connectivity index (χ0n) is 9.14. The number of ether oxygens (including phenoxy) is 1. The molecule has 0 bridgehead atoms. The molecule has 0 unspecified atom stereocenters. The van der Waals surface area contributed by atoms with E-state index >= 15 is 0 Å². The lowest BCUT2D eigenvalue weighted by molar-refractivity contribution is 0.410. The van der Waals surface area contributed by atoms with Crippen molar-refractivity contribution in [3.05, 3.63) is 28.8 Å². The normalized spacial score (nSPS) is 9.27. The quantitative estimate of drug-likeness (QED) is 0.709. The highest BCUT2D eigenvalue weighted by atomic mass is 35.5. The Morgan fingerprint density at radius 2 is 2.13 bits per heavy atom. The standard InChI is InChI=1S/C13H15ClO/c1-3-4-5-6-7-11-10-12(14)8-9-13(11)15-2/h8-10H,3,6-7H2,1-2H3. The molecule has 0 N–H and O–H groups in total. The maximum absolute atomic E-state index is 5.92. The van der Waals surface area contributed by atoms with Gasteiger partial charge in [0, 0.05) is 17.9 Å². The van der Waals surface area contributed by atoms with Gasteiger partial charge in [0.25, 0.3) is 0 Å². The molecule has 0 aliphatic carbocycles. The molecule has 0 fully saturated rings. The highest BCUT2D eigenvalue weighted by molar-refractivity contribution is 6.30. The van der Waals surface area contributed by atoms with Crippen LogP contribution in [0.25, 0.3) is 0 Å². The summed E-state index contributed by atoms with van der Waals surface area (Å²) < 4.78 is 5.25. The smallest absolute Gasteiger partial charge is 0.122 e. The van der Waals surface area contributed by atoms with Crippen molar-refractivity contribution in [1.82, 2.24) is 0 Å². The minimum absolute atomic E-state index is 0.745. The molecule has 0 aliphatic heterocycles. The summed E-state index contributed by atoms with van der Waals surface area (Å²) in [7, 11) is 1.67. The maximum Gasteiger partial charge on any atom is 0.122 e. The monoisotopic (exact) mass is 222 g/mol. The SMILES string of the molecule is CCC#CCCc1cc(Cl)ccc1OC. The molecule has 80 valence electrons. The first-order valence-corrected chi connectivity index (χ1v) is 5.44. The van der Waals surface area contributed by atoms with Crippen LogP contribution in [0, 0.1) is 11.8 Å². The second-order valence-corrected chi connectivity index (χ2v) is 3.60. The van der Waals surface area contributed by atoms with Gasteiger partial charge < -0.3 is 4.74 Å². The fourth-order valence-corrected chi connectivity index (χ4v) is 1.55. The molecule has 0 heterocycles. The number of hydrogen-bond acceptors (Lipinski definition) is 1. The van der Waals surface area contributed by atoms with Gasteiger partial charge in [-0.15, -0.1) is 11.8 Å². The molecule has 0 radical (unpaired) electrons. The molecule has 0 atom stereocenters. The number of halogens is 1. The first-order valence-electron chi connectivity index (χ1n) is 5.06. The van der Waals surface area contributed by atoms with Gasteiger partial charge in [-0.3, -0.25) is 0 Å². The third-order valence-electron chi connectivity index (χ3n) is 2.06. The Morgan fingerprint density at radius 1 is 1.33 bits per heavy atom. The largest absolute Gasteiger partial charge is 0.496 e. The topological polar surface area (TPSA) is 9.23 Å². The van der Waals surface area contributed by atoms with Crippen molar-refractivity contribution >= 4 is 11.6 Å². The zero-order chi connectivity index (χ0) is 11.1. The van der Waals surface area contributed by atoms with E-state index in [1.165, 1.54) is 0 Å². The van der Waals surface area contributed by atoms with Gasteiger partial charge in [-0.25, -0.2) is 0 Å². The Kier molecular flexibility index (Phi) is 5.07. The summed E-state index contributed by atoms with van der Waals surface area (Å²) >= 11 is 5.92. The summed E-state index contributed by atoms with van der Waals surface area (Å²) in [4.78, 5) is 0. The molecular weight excluding hydrogens is 208 g/mol. The third-order valence-corrected chi connectivity index (χ3v) is 2.30. The van der Waals surface area contributed by atoms with Crippen LogP contribution < -0.4 is 4.74 Å². The van der Waals surface area contributed by atoms with E-state index in [1.807, 2.05) is 25.1 Å². The van der Waals surface area contributed by atoms with Crippen molar-refractivity contribution < 1.29 is 4.74 Å². The number of benzene rings is 1. The Morgan fingerprint density at radius 3 is 2.80 bits per heavy atom. The molecule has 2 heteroatoms. The van der Waals surface area contributed by atoms with Crippen LogP contribution in [-0.4, -0.2) is 7.11 Å². The van der Waals surface area contributed by atoms with Gasteiger partial charge in [-0.1, -0.05) is 18.5 Å².